The molecule has 0 aromatic heterocycles. The molecule has 1 N–H and O–H groups in total. The molecule has 2 amide bonds. The largest absolute Gasteiger partial charge is 0.497 e. The van der Waals surface area contributed by atoms with Crippen LogP contribution in [0.4, 0.5) is 5.69 Å². The molecule has 5 rings (SSSR count). The molecule has 6 heteroatoms. The van der Waals surface area contributed by atoms with Crippen molar-refractivity contribution >= 4 is 17.5 Å². The Bertz CT molecular complexity index is 1280. The Labute approximate surface area is 218 Å². The van der Waals surface area contributed by atoms with E-state index in [2.05, 4.69) is 5.32 Å². The summed E-state index contributed by atoms with van der Waals surface area (Å²) in [6.45, 7) is 1.98. The van der Waals surface area contributed by atoms with Gasteiger partial charge in [0.2, 0.25) is 5.91 Å². The Morgan fingerprint density at radius 2 is 1.65 bits per heavy atom. The molecule has 0 unspecified atom stereocenters. The summed E-state index contributed by atoms with van der Waals surface area (Å²) in [4.78, 5) is 30.3. The van der Waals surface area contributed by atoms with Gasteiger partial charge in [-0.15, -0.1) is 0 Å². The lowest BCUT2D eigenvalue weighted by molar-refractivity contribution is -0.119. The van der Waals surface area contributed by atoms with Crippen LogP contribution in [0.5, 0.6) is 11.5 Å². The topological polar surface area (TPSA) is 67.9 Å². The summed E-state index contributed by atoms with van der Waals surface area (Å²) >= 11 is 0. The highest BCUT2D eigenvalue weighted by Crippen LogP contribution is 2.46. The highest BCUT2D eigenvalue weighted by atomic mass is 16.5. The standard InChI is InChI=1S/C31H34N2O4/c1-20-13-18-27(37-3)26(19-20)32-30(34)28-24-11-7-8-12-25(24)31(35)33(22-9-5-4-6-10-22)29(28)21-14-16-23(36-2)17-15-21/h7-8,11-19,22,28-29H,4-6,9-10H2,1-3H3,(H,32,34)/t28-,29-/m1/s1. The molecular formula is C31H34N2O4. The molecule has 1 fully saturated rings. The third kappa shape index (κ3) is 4.80. The van der Waals surface area contributed by atoms with Gasteiger partial charge in [-0.1, -0.05) is 55.7 Å². The van der Waals surface area contributed by atoms with Crippen LogP contribution < -0.4 is 14.8 Å². The van der Waals surface area contributed by atoms with Crippen molar-refractivity contribution in [1.29, 1.82) is 0 Å². The van der Waals surface area contributed by atoms with Gasteiger partial charge in [0.1, 0.15) is 11.5 Å². The zero-order chi connectivity index (χ0) is 25.9. The number of carbonyl (C=O) groups excluding carboxylic acids is 2. The SMILES string of the molecule is COc1ccc([C@@H]2[C@H](C(=O)Nc3cc(C)ccc3OC)c3ccccc3C(=O)N2C2CCCCC2)cc1. The summed E-state index contributed by atoms with van der Waals surface area (Å²) < 4.78 is 10.9. The lowest BCUT2D eigenvalue weighted by atomic mass is 9.77. The molecule has 0 saturated heterocycles. The number of amides is 2. The summed E-state index contributed by atoms with van der Waals surface area (Å²) in [7, 11) is 3.23. The van der Waals surface area contributed by atoms with Gasteiger partial charge in [0.05, 0.1) is 31.9 Å². The Morgan fingerprint density at radius 3 is 2.35 bits per heavy atom. The quantitative estimate of drug-likeness (QED) is 0.435. The molecule has 1 saturated carbocycles. The monoisotopic (exact) mass is 498 g/mol. The molecule has 2 aliphatic rings. The molecule has 2 atom stereocenters. The molecule has 0 bridgehead atoms. The van der Waals surface area contributed by atoms with E-state index in [4.69, 9.17) is 9.47 Å². The van der Waals surface area contributed by atoms with E-state index >= 15 is 0 Å². The van der Waals surface area contributed by atoms with E-state index in [0.717, 1.165) is 48.1 Å². The number of fused-ring (bicyclic) bond motifs is 1. The van der Waals surface area contributed by atoms with Crippen LogP contribution in [0.15, 0.2) is 66.7 Å². The van der Waals surface area contributed by atoms with Crippen molar-refractivity contribution < 1.29 is 19.1 Å². The minimum atomic E-state index is -0.588. The first kappa shape index (κ1) is 24.9. The molecule has 0 spiro atoms. The Morgan fingerprint density at radius 1 is 0.919 bits per heavy atom. The third-order valence-corrected chi connectivity index (χ3v) is 7.70. The first-order valence-corrected chi connectivity index (χ1v) is 13.0. The second-order valence-electron chi connectivity index (χ2n) is 9.98. The van der Waals surface area contributed by atoms with Crippen molar-refractivity contribution in [2.24, 2.45) is 0 Å². The highest BCUT2D eigenvalue weighted by Gasteiger charge is 2.46. The van der Waals surface area contributed by atoms with Crippen LogP contribution in [0.1, 0.15) is 71.1 Å². The fourth-order valence-electron chi connectivity index (χ4n) is 5.88. The van der Waals surface area contributed by atoms with Crippen LogP contribution in [0.2, 0.25) is 0 Å². The molecule has 37 heavy (non-hydrogen) atoms. The molecule has 6 nitrogen and oxygen atoms in total. The number of carbonyl (C=O) groups is 2. The number of methoxy groups -OCH3 is 2. The van der Waals surface area contributed by atoms with Crippen molar-refractivity contribution in [1.82, 2.24) is 4.90 Å². The van der Waals surface area contributed by atoms with E-state index in [1.807, 2.05) is 78.6 Å². The van der Waals surface area contributed by atoms with Gasteiger partial charge in [0, 0.05) is 11.6 Å². The zero-order valence-corrected chi connectivity index (χ0v) is 21.7. The van der Waals surface area contributed by atoms with Crippen LogP contribution in [-0.2, 0) is 4.79 Å². The minimum Gasteiger partial charge on any atom is -0.497 e. The van der Waals surface area contributed by atoms with Crippen molar-refractivity contribution in [2.75, 3.05) is 19.5 Å². The van der Waals surface area contributed by atoms with E-state index in [1.54, 1.807) is 14.2 Å². The highest BCUT2D eigenvalue weighted by molar-refractivity contribution is 6.05. The van der Waals surface area contributed by atoms with Gasteiger partial charge in [0.15, 0.2) is 0 Å². The Balaban J connectivity index is 1.64. The van der Waals surface area contributed by atoms with Crippen LogP contribution >= 0.6 is 0 Å². The number of benzene rings is 3. The Hall–Kier alpha value is -3.80. The molecule has 3 aromatic carbocycles. The van der Waals surface area contributed by atoms with Gasteiger partial charge in [-0.3, -0.25) is 9.59 Å². The van der Waals surface area contributed by atoms with Gasteiger partial charge in [-0.25, -0.2) is 0 Å². The Kier molecular flexibility index (Phi) is 7.17. The van der Waals surface area contributed by atoms with Crippen LogP contribution in [0, 0.1) is 6.92 Å². The molecule has 3 aromatic rings. The van der Waals surface area contributed by atoms with E-state index in [-0.39, 0.29) is 17.9 Å². The first-order chi connectivity index (χ1) is 18.0. The van der Waals surface area contributed by atoms with Crippen LogP contribution in [-0.4, -0.2) is 37.0 Å². The second-order valence-corrected chi connectivity index (χ2v) is 9.98. The third-order valence-electron chi connectivity index (χ3n) is 7.70. The summed E-state index contributed by atoms with van der Waals surface area (Å²) in [6.07, 6.45) is 5.24. The van der Waals surface area contributed by atoms with Crippen molar-refractivity contribution in [3.05, 3.63) is 89.0 Å². The zero-order valence-electron chi connectivity index (χ0n) is 21.7. The van der Waals surface area contributed by atoms with Crippen LogP contribution in [0.25, 0.3) is 0 Å². The number of hydrogen-bond acceptors (Lipinski definition) is 4. The van der Waals surface area contributed by atoms with Crippen molar-refractivity contribution in [2.45, 2.75) is 57.0 Å². The number of nitrogens with one attached hydrogen (secondary N) is 1. The fraction of sp³-hybridized carbons (Fsp3) is 0.355. The van der Waals surface area contributed by atoms with Crippen LogP contribution in [0.3, 0.4) is 0 Å². The average Bonchev–Trinajstić information content (AvgIpc) is 2.93. The van der Waals surface area contributed by atoms with E-state index in [1.165, 1.54) is 6.42 Å². The predicted molar refractivity (Wildman–Crippen MR) is 144 cm³/mol. The van der Waals surface area contributed by atoms with E-state index in [9.17, 15) is 9.59 Å². The van der Waals surface area contributed by atoms with E-state index in [0.29, 0.717) is 17.0 Å². The maximum atomic E-state index is 14.2. The predicted octanol–water partition coefficient (Wildman–Crippen LogP) is 6.26. The average molecular weight is 499 g/mol. The van der Waals surface area contributed by atoms with Gasteiger partial charge < -0.3 is 19.7 Å². The maximum absolute atomic E-state index is 14.2. The number of anilines is 1. The maximum Gasteiger partial charge on any atom is 0.254 e. The molecule has 1 aliphatic carbocycles. The van der Waals surface area contributed by atoms with Crippen molar-refractivity contribution in [3.8, 4) is 11.5 Å². The van der Waals surface area contributed by atoms with Gasteiger partial charge >= 0.3 is 0 Å². The number of ether oxygens (including phenoxy) is 2. The molecule has 1 heterocycles. The molecule has 0 radical (unpaired) electrons. The van der Waals surface area contributed by atoms with Crippen molar-refractivity contribution in [3.63, 3.8) is 0 Å². The lowest BCUT2D eigenvalue weighted by Gasteiger charge is -2.46. The number of rotatable bonds is 6. The smallest absolute Gasteiger partial charge is 0.254 e. The normalized spacial score (nSPS) is 19.8. The summed E-state index contributed by atoms with van der Waals surface area (Å²) in [6, 6.07) is 20.7. The molecule has 192 valence electrons. The fourth-order valence-corrected chi connectivity index (χ4v) is 5.88. The molecule has 1 aliphatic heterocycles. The summed E-state index contributed by atoms with van der Waals surface area (Å²) in [5, 5.41) is 3.15. The number of aryl methyl sites for hydroxylation is 1. The van der Waals surface area contributed by atoms with Gasteiger partial charge in [0.25, 0.3) is 5.91 Å². The summed E-state index contributed by atoms with van der Waals surface area (Å²) in [5.74, 6) is 0.589. The number of nitrogens with zero attached hydrogens (tertiary/aromatic N) is 1. The first-order valence-electron chi connectivity index (χ1n) is 13.0. The molecular weight excluding hydrogens is 464 g/mol. The summed E-state index contributed by atoms with van der Waals surface area (Å²) in [5.41, 5.74) is 3.93. The minimum absolute atomic E-state index is 0.000467. The second kappa shape index (κ2) is 10.7. The lowest BCUT2D eigenvalue weighted by Crippen LogP contribution is -2.51. The van der Waals surface area contributed by atoms with Gasteiger partial charge in [-0.2, -0.15) is 0 Å². The van der Waals surface area contributed by atoms with Gasteiger partial charge in [-0.05, 0) is 66.8 Å². The van der Waals surface area contributed by atoms with E-state index < -0.39 is 12.0 Å². The number of hydrogen-bond donors (Lipinski definition) is 1.